The maximum atomic E-state index is 13.4. The lowest BCUT2D eigenvalue weighted by Gasteiger charge is -2.41. The molecule has 2 aliphatic heterocycles. The van der Waals surface area contributed by atoms with E-state index in [1.807, 2.05) is 6.92 Å². The zero-order valence-corrected chi connectivity index (χ0v) is 19.4. The van der Waals surface area contributed by atoms with E-state index < -0.39 is 29.7 Å². The van der Waals surface area contributed by atoms with Crippen LogP contribution in [0.2, 0.25) is 0 Å². The van der Waals surface area contributed by atoms with Gasteiger partial charge in [-0.05, 0) is 18.6 Å². The van der Waals surface area contributed by atoms with E-state index in [9.17, 15) is 27.6 Å². The molecule has 35 heavy (non-hydrogen) atoms. The average molecular weight is 494 g/mol. The molecule has 1 aromatic heterocycles. The summed E-state index contributed by atoms with van der Waals surface area (Å²) >= 11 is 0. The van der Waals surface area contributed by atoms with Crippen molar-refractivity contribution in [2.24, 2.45) is 14.1 Å². The Morgan fingerprint density at radius 3 is 2.40 bits per heavy atom. The van der Waals surface area contributed by atoms with Gasteiger partial charge in [0.05, 0.1) is 5.69 Å². The fraction of sp³-hybridized carbons (Fsp3) is 0.409. The number of carbonyl (C=O) groups is 1. The first-order valence-corrected chi connectivity index (χ1v) is 10.9. The van der Waals surface area contributed by atoms with Gasteiger partial charge >= 0.3 is 17.8 Å². The first kappa shape index (κ1) is 24.5. The molecule has 1 aromatic carbocycles. The summed E-state index contributed by atoms with van der Waals surface area (Å²) in [6.45, 7) is 3.62. The van der Waals surface area contributed by atoms with E-state index in [0.717, 1.165) is 14.2 Å². The van der Waals surface area contributed by atoms with Gasteiger partial charge in [0.2, 0.25) is 6.29 Å². The van der Waals surface area contributed by atoms with Crippen molar-refractivity contribution in [3.05, 3.63) is 56.7 Å². The van der Waals surface area contributed by atoms with E-state index in [0.29, 0.717) is 37.4 Å². The monoisotopic (exact) mass is 494 g/mol. The van der Waals surface area contributed by atoms with E-state index in [4.69, 9.17) is 4.84 Å². The molecule has 0 bridgehead atoms. The predicted octanol–water partition coefficient (Wildman–Crippen LogP) is 1.28. The molecule has 0 radical (unpaired) electrons. The van der Waals surface area contributed by atoms with Crippen molar-refractivity contribution in [2.75, 3.05) is 36.1 Å². The highest BCUT2D eigenvalue weighted by atomic mass is 19.4. The SMILES string of the molecule is CC=Cc1ccccc1N1c2c(n(C)c(=O)n(C)c2=O)N(OC(=O)C(F)(F)F)C1N1CCNCC1. The first-order chi connectivity index (χ1) is 16.6. The van der Waals surface area contributed by atoms with Crippen LogP contribution in [-0.2, 0) is 23.7 Å². The lowest BCUT2D eigenvalue weighted by molar-refractivity contribution is -0.203. The van der Waals surface area contributed by atoms with Crippen LogP contribution in [0.15, 0.2) is 39.9 Å². The van der Waals surface area contributed by atoms with Gasteiger partial charge in [0.1, 0.15) is 0 Å². The van der Waals surface area contributed by atoms with E-state index >= 15 is 0 Å². The van der Waals surface area contributed by atoms with Crippen LogP contribution >= 0.6 is 0 Å². The van der Waals surface area contributed by atoms with Crippen LogP contribution < -0.4 is 26.5 Å². The van der Waals surface area contributed by atoms with Crippen LogP contribution in [0.4, 0.5) is 30.4 Å². The summed E-state index contributed by atoms with van der Waals surface area (Å²) in [7, 11) is 2.59. The average Bonchev–Trinajstić information content (AvgIpc) is 3.16. The Bertz CT molecular complexity index is 1280. The molecule has 0 aliphatic carbocycles. The third kappa shape index (κ3) is 4.21. The number of anilines is 3. The van der Waals surface area contributed by atoms with Crippen molar-refractivity contribution in [1.82, 2.24) is 19.4 Å². The van der Waals surface area contributed by atoms with Gasteiger partial charge in [0.15, 0.2) is 11.5 Å². The van der Waals surface area contributed by atoms with Crippen LogP contribution in [0.25, 0.3) is 6.08 Å². The van der Waals surface area contributed by atoms with Crippen molar-refractivity contribution in [3.8, 4) is 0 Å². The normalized spacial score (nSPS) is 18.9. The molecule has 4 rings (SSSR count). The summed E-state index contributed by atoms with van der Waals surface area (Å²) in [5.74, 6) is -2.70. The van der Waals surface area contributed by atoms with Crippen LogP contribution in [-0.4, -0.2) is 58.6 Å². The highest BCUT2D eigenvalue weighted by Gasteiger charge is 2.51. The molecule has 2 aliphatic rings. The molecule has 10 nitrogen and oxygen atoms in total. The summed E-state index contributed by atoms with van der Waals surface area (Å²) in [5, 5.41) is 3.90. The Hall–Kier alpha value is -3.58. The molecule has 0 spiro atoms. The quantitative estimate of drug-likeness (QED) is 0.680. The number of hydroxylamine groups is 1. The molecular weight excluding hydrogens is 469 g/mol. The number of piperazine rings is 1. The molecule has 0 amide bonds. The first-order valence-electron chi connectivity index (χ1n) is 10.9. The largest absolute Gasteiger partial charge is 0.493 e. The minimum atomic E-state index is -5.29. The summed E-state index contributed by atoms with van der Waals surface area (Å²) in [6, 6.07) is 7.03. The highest BCUT2D eigenvalue weighted by molar-refractivity contribution is 5.85. The van der Waals surface area contributed by atoms with Crippen LogP contribution in [0.3, 0.4) is 0 Å². The van der Waals surface area contributed by atoms with Gasteiger partial charge in [0.25, 0.3) is 5.56 Å². The number of carbonyl (C=O) groups excluding carboxylic acids is 1. The number of allylic oxidation sites excluding steroid dienone is 1. The molecule has 188 valence electrons. The number of para-hydroxylation sites is 1. The van der Waals surface area contributed by atoms with E-state index in [1.165, 1.54) is 19.0 Å². The Kier molecular flexibility index (Phi) is 6.47. The summed E-state index contributed by atoms with van der Waals surface area (Å²) in [6.07, 6.45) is -2.86. The molecular formula is C22H25F3N6O4. The van der Waals surface area contributed by atoms with E-state index in [2.05, 4.69) is 5.32 Å². The Morgan fingerprint density at radius 1 is 1.11 bits per heavy atom. The number of rotatable bonds is 4. The molecule has 3 heterocycles. The summed E-state index contributed by atoms with van der Waals surface area (Å²) < 4.78 is 41.7. The van der Waals surface area contributed by atoms with Gasteiger partial charge in [-0.15, -0.1) is 5.06 Å². The number of hydrogen-bond acceptors (Lipinski definition) is 8. The van der Waals surface area contributed by atoms with Gasteiger partial charge in [0, 0.05) is 40.3 Å². The number of hydrogen-bond donors (Lipinski definition) is 1. The second kappa shape index (κ2) is 9.23. The smallest absolute Gasteiger partial charge is 0.327 e. The standard InChI is InChI=1S/C22H25F3N6O4/c1-4-7-14-8-5-6-9-15(14)30-16-17(27(2)21(34)28(3)18(16)32)31(35-19(33)22(23,24)25)20(30)29-12-10-26-11-13-29/h4-9,20,26H,10-13H2,1-3H3. The predicted molar refractivity (Wildman–Crippen MR) is 123 cm³/mol. The maximum absolute atomic E-state index is 13.4. The van der Waals surface area contributed by atoms with Gasteiger partial charge in [-0.3, -0.25) is 23.7 Å². The van der Waals surface area contributed by atoms with Crippen molar-refractivity contribution >= 4 is 29.2 Å². The van der Waals surface area contributed by atoms with Crippen molar-refractivity contribution in [3.63, 3.8) is 0 Å². The minimum Gasteiger partial charge on any atom is -0.327 e. The number of aromatic nitrogens is 2. The Labute approximate surface area is 198 Å². The van der Waals surface area contributed by atoms with E-state index in [1.54, 1.807) is 41.3 Å². The van der Waals surface area contributed by atoms with Crippen molar-refractivity contribution in [1.29, 1.82) is 0 Å². The zero-order valence-electron chi connectivity index (χ0n) is 19.4. The lowest BCUT2D eigenvalue weighted by atomic mass is 10.1. The molecule has 0 saturated carbocycles. The molecule has 1 N–H and O–H groups in total. The number of nitrogens with zero attached hydrogens (tertiary/aromatic N) is 5. The zero-order chi connectivity index (χ0) is 25.5. The van der Waals surface area contributed by atoms with Crippen LogP contribution in [0.1, 0.15) is 12.5 Å². The number of nitrogens with one attached hydrogen (secondary N) is 1. The summed E-state index contributed by atoms with van der Waals surface area (Å²) in [5.41, 5.74) is -0.406. The number of benzene rings is 1. The molecule has 2 aromatic rings. The highest BCUT2D eigenvalue weighted by Crippen LogP contribution is 2.44. The van der Waals surface area contributed by atoms with Crippen molar-refractivity contribution in [2.45, 2.75) is 19.4 Å². The second-order valence-corrected chi connectivity index (χ2v) is 8.14. The minimum absolute atomic E-state index is 0.0786. The second-order valence-electron chi connectivity index (χ2n) is 8.14. The molecule has 1 unspecified atom stereocenters. The lowest BCUT2D eigenvalue weighted by Crippen LogP contribution is -2.60. The van der Waals surface area contributed by atoms with Crippen molar-refractivity contribution < 1.29 is 22.8 Å². The number of alkyl halides is 3. The van der Waals surface area contributed by atoms with Gasteiger partial charge in [-0.25, -0.2) is 9.59 Å². The van der Waals surface area contributed by atoms with Crippen LogP contribution in [0.5, 0.6) is 0 Å². The summed E-state index contributed by atoms with van der Waals surface area (Å²) in [4.78, 5) is 46.4. The third-order valence-corrected chi connectivity index (χ3v) is 5.93. The molecule has 1 atom stereocenters. The van der Waals surface area contributed by atoms with E-state index in [-0.39, 0.29) is 11.5 Å². The molecule has 1 saturated heterocycles. The Morgan fingerprint density at radius 2 is 1.77 bits per heavy atom. The number of halogens is 3. The molecule has 1 fully saturated rings. The van der Waals surface area contributed by atoms with Gasteiger partial charge in [-0.2, -0.15) is 13.2 Å². The number of fused-ring (bicyclic) bond motifs is 1. The topological polar surface area (TPSA) is 92.0 Å². The Balaban J connectivity index is 2.03. The van der Waals surface area contributed by atoms with Gasteiger partial charge in [-0.1, -0.05) is 30.4 Å². The molecule has 13 heteroatoms. The van der Waals surface area contributed by atoms with Gasteiger partial charge < -0.3 is 10.2 Å². The maximum Gasteiger partial charge on any atom is 0.493 e. The fourth-order valence-electron chi connectivity index (χ4n) is 4.34. The third-order valence-electron chi connectivity index (χ3n) is 5.93. The fourth-order valence-corrected chi connectivity index (χ4v) is 4.34. The van der Waals surface area contributed by atoms with Crippen LogP contribution in [0, 0.1) is 0 Å².